The lowest BCUT2D eigenvalue weighted by atomic mass is 10.2. The Balaban J connectivity index is 2.26. The SMILES string of the molecule is N#CC1CCCN1C(=O)c1ccccc1Br. The Morgan fingerprint density at radius 3 is 2.94 bits per heavy atom. The molecule has 1 heterocycles. The Labute approximate surface area is 103 Å². The Morgan fingerprint density at radius 2 is 2.25 bits per heavy atom. The van der Waals surface area contributed by atoms with Gasteiger partial charge in [-0.3, -0.25) is 4.79 Å². The number of hydrogen-bond acceptors (Lipinski definition) is 2. The van der Waals surface area contributed by atoms with Gasteiger partial charge in [0.2, 0.25) is 0 Å². The van der Waals surface area contributed by atoms with Crippen molar-refractivity contribution in [2.75, 3.05) is 6.54 Å². The van der Waals surface area contributed by atoms with Crippen molar-refractivity contribution in [1.29, 1.82) is 5.26 Å². The summed E-state index contributed by atoms with van der Waals surface area (Å²) in [6, 6.07) is 9.22. The normalized spacial score (nSPS) is 19.5. The second-order valence-electron chi connectivity index (χ2n) is 3.77. The predicted molar refractivity (Wildman–Crippen MR) is 63.8 cm³/mol. The molecule has 1 saturated heterocycles. The van der Waals surface area contributed by atoms with Gasteiger partial charge in [0.25, 0.3) is 5.91 Å². The molecule has 16 heavy (non-hydrogen) atoms. The summed E-state index contributed by atoms with van der Waals surface area (Å²) in [5, 5.41) is 8.95. The minimum Gasteiger partial charge on any atom is -0.323 e. The van der Waals surface area contributed by atoms with Crippen LogP contribution < -0.4 is 0 Å². The number of carbonyl (C=O) groups excluding carboxylic acids is 1. The van der Waals surface area contributed by atoms with Crippen molar-refractivity contribution in [3.8, 4) is 6.07 Å². The maximum atomic E-state index is 12.2. The summed E-state index contributed by atoms with van der Waals surface area (Å²) in [5.74, 6) is -0.0588. The van der Waals surface area contributed by atoms with Gasteiger partial charge in [0, 0.05) is 11.0 Å². The molecule has 0 saturated carbocycles. The fourth-order valence-corrected chi connectivity index (χ4v) is 2.39. The van der Waals surface area contributed by atoms with Gasteiger partial charge in [0.1, 0.15) is 6.04 Å². The zero-order valence-electron chi connectivity index (χ0n) is 8.69. The number of nitriles is 1. The van der Waals surface area contributed by atoms with Crippen LogP contribution in [0.25, 0.3) is 0 Å². The third kappa shape index (κ3) is 1.96. The van der Waals surface area contributed by atoms with Gasteiger partial charge in [-0.25, -0.2) is 0 Å². The van der Waals surface area contributed by atoms with Crippen molar-refractivity contribution in [3.05, 3.63) is 34.3 Å². The number of hydrogen-bond donors (Lipinski definition) is 0. The van der Waals surface area contributed by atoms with Gasteiger partial charge in [0.15, 0.2) is 0 Å². The summed E-state index contributed by atoms with van der Waals surface area (Å²) in [5.41, 5.74) is 0.629. The van der Waals surface area contributed by atoms with Crippen molar-refractivity contribution in [2.24, 2.45) is 0 Å². The average Bonchev–Trinajstić information content (AvgIpc) is 2.77. The summed E-state index contributed by atoms with van der Waals surface area (Å²) in [6.07, 6.45) is 1.70. The Hall–Kier alpha value is -1.34. The first-order valence-electron chi connectivity index (χ1n) is 5.19. The molecule has 4 heteroatoms. The van der Waals surface area contributed by atoms with Crippen LogP contribution in [0.15, 0.2) is 28.7 Å². The predicted octanol–water partition coefficient (Wildman–Crippen LogP) is 2.58. The third-order valence-electron chi connectivity index (χ3n) is 2.77. The van der Waals surface area contributed by atoms with E-state index in [2.05, 4.69) is 22.0 Å². The fourth-order valence-electron chi connectivity index (χ4n) is 1.93. The molecule has 1 atom stereocenters. The molecule has 0 aromatic heterocycles. The van der Waals surface area contributed by atoms with Gasteiger partial charge in [-0.05, 0) is 40.9 Å². The zero-order valence-corrected chi connectivity index (χ0v) is 10.3. The molecule has 2 rings (SSSR count). The van der Waals surface area contributed by atoms with Crippen LogP contribution in [0.3, 0.4) is 0 Å². The number of benzene rings is 1. The largest absolute Gasteiger partial charge is 0.323 e. The number of likely N-dealkylation sites (tertiary alicyclic amines) is 1. The van der Waals surface area contributed by atoms with Crippen molar-refractivity contribution < 1.29 is 4.79 Å². The van der Waals surface area contributed by atoms with Gasteiger partial charge in [0.05, 0.1) is 11.6 Å². The van der Waals surface area contributed by atoms with Crippen molar-refractivity contribution in [1.82, 2.24) is 4.90 Å². The molecule has 82 valence electrons. The second kappa shape index (κ2) is 4.67. The van der Waals surface area contributed by atoms with Gasteiger partial charge in [-0.15, -0.1) is 0 Å². The maximum Gasteiger partial charge on any atom is 0.256 e. The molecule has 0 spiro atoms. The summed E-state index contributed by atoms with van der Waals surface area (Å²) in [7, 11) is 0. The van der Waals surface area contributed by atoms with E-state index in [4.69, 9.17) is 5.26 Å². The summed E-state index contributed by atoms with van der Waals surface area (Å²) in [6.45, 7) is 0.679. The molecule has 1 aliphatic rings. The second-order valence-corrected chi connectivity index (χ2v) is 4.62. The van der Waals surface area contributed by atoms with Crippen LogP contribution in [0.1, 0.15) is 23.2 Å². The Kier molecular flexibility index (Phi) is 3.25. The van der Waals surface area contributed by atoms with Crippen LogP contribution in [0.2, 0.25) is 0 Å². The molecule has 1 amide bonds. The van der Waals surface area contributed by atoms with Crippen molar-refractivity contribution in [2.45, 2.75) is 18.9 Å². The van der Waals surface area contributed by atoms with E-state index in [0.29, 0.717) is 12.1 Å². The molecule has 3 nitrogen and oxygen atoms in total. The van der Waals surface area contributed by atoms with E-state index in [-0.39, 0.29) is 11.9 Å². The van der Waals surface area contributed by atoms with Gasteiger partial charge < -0.3 is 4.90 Å². The van der Waals surface area contributed by atoms with E-state index in [1.54, 1.807) is 11.0 Å². The van der Waals surface area contributed by atoms with Crippen molar-refractivity contribution in [3.63, 3.8) is 0 Å². The number of carbonyl (C=O) groups is 1. The zero-order chi connectivity index (χ0) is 11.5. The number of amides is 1. The topological polar surface area (TPSA) is 44.1 Å². The molecule has 0 aliphatic carbocycles. The van der Waals surface area contributed by atoms with Crippen LogP contribution in [0.5, 0.6) is 0 Å². The minimum absolute atomic E-state index is 0.0588. The maximum absolute atomic E-state index is 12.2. The van der Waals surface area contributed by atoms with Crippen LogP contribution in [0.4, 0.5) is 0 Å². The quantitative estimate of drug-likeness (QED) is 0.793. The van der Waals surface area contributed by atoms with E-state index in [0.717, 1.165) is 17.3 Å². The summed E-state index contributed by atoms with van der Waals surface area (Å²) < 4.78 is 0.781. The van der Waals surface area contributed by atoms with E-state index in [1.165, 1.54) is 0 Å². The van der Waals surface area contributed by atoms with Crippen LogP contribution in [-0.2, 0) is 0 Å². The lowest BCUT2D eigenvalue weighted by Crippen LogP contribution is -2.34. The fraction of sp³-hybridized carbons (Fsp3) is 0.333. The first kappa shape index (κ1) is 11.2. The monoisotopic (exact) mass is 278 g/mol. The van der Waals surface area contributed by atoms with Crippen molar-refractivity contribution >= 4 is 21.8 Å². The van der Waals surface area contributed by atoms with Crippen LogP contribution in [0, 0.1) is 11.3 Å². The van der Waals surface area contributed by atoms with E-state index >= 15 is 0 Å². The number of nitrogens with zero attached hydrogens (tertiary/aromatic N) is 2. The Morgan fingerprint density at radius 1 is 1.50 bits per heavy atom. The third-order valence-corrected chi connectivity index (χ3v) is 3.46. The molecule has 0 radical (unpaired) electrons. The molecule has 1 fully saturated rings. The summed E-state index contributed by atoms with van der Waals surface area (Å²) >= 11 is 3.36. The first-order chi connectivity index (χ1) is 7.74. The van der Waals surface area contributed by atoms with E-state index in [9.17, 15) is 4.79 Å². The van der Waals surface area contributed by atoms with Crippen LogP contribution in [-0.4, -0.2) is 23.4 Å². The molecular weight excluding hydrogens is 268 g/mol. The van der Waals surface area contributed by atoms with Crippen LogP contribution >= 0.6 is 15.9 Å². The highest BCUT2D eigenvalue weighted by molar-refractivity contribution is 9.10. The molecule has 0 bridgehead atoms. The van der Waals surface area contributed by atoms with Gasteiger partial charge >= 0.3 is 0 Å². The highest BCUT2D eigenvalue weighted by atomic mass is 79.9. The van der Waals surface area contributed by atoms with Gasteiger partial charge in [-0.2, -0.15) is 5.26 Å². The van der Waals surface area contributed by atoms with Gasteiger partial charge in [-0.1, -0.05) is 12.1 Å². The Bertz CT molecular complexity index is 453. The standard InChI is InChI=1S/C12H11BrN2O/c13-11-6-2-1-5-10(11)12(16)15-7-3-4-9(15)8-14/h1-2,5-6,9H,3-4,7H2. The highest BCUT2D eigenvalue weighted by Crippen LogP contribution is 2.23. The molecular formula is C12H11BrN2O. The molecule has 1 aliphatic heterocycles. The summed E-state index contributed by atoms with van der Waals surface area (Å²) in [4.78, 5) is 13.8. The average molecular weight is 279 g/mol. The van der Waals surface area contributed by atoms with E-state index in [1.807, 2.05) is 18.2 Å². The molecule has 1 aromatic rings. The highest BCUT2D eigenvalue weighted by Gasteiger charge is 2.29. The van der Waals surface area contributed by atoms with E-state index < -0.39 is 0 Å². The number of halogens is 1. The molecule has 1 aromatic carbocycles. The lowest BCUT2D eigenvalue weighted by Gasteiger charge is -2.19. The lowest BCUT2D eigenvalue weighted by molar-refractivity contribution is 0.0764. The molecule has 1 unspecified atom stereocenters. The minimum atomic E-state index is -0.264. The number of rotatable bonds is 1. The molecule has 0 N–H and O–H groups in total. The smallest absolute Gasteiger partial charge is 0.256 e. The first-order valence-corrected chi connectivity index (χ1v) is 5.98.